The SMILES string of the molecule is Cc1c(NN)nc(C2CC2)nc1Oc1ccc(F)cc1Br. The van der Waals surface area contributed by atoms with Crippen LogP contribution in [0.15, 0.2) is 22.7 Å². The van der Waals surface area contributed by atoms with Crippen molar-refractivity contribution >= 4 is 21.7 Å². The number of rotatable bonds is 4. The van der Waals surface area contributed by atoms with Crippen LogP contribution in [-0.2, 0) is 0 Å². The minimum absolute atomic E-state index is 0.336. The van der Waals surface area contributed by atoms with Crippen molar-refractivity contribution in [3.8, 4) is 11.6 Å². The number of nitrogens with zero attached hydrogens (tertiary/aromatic N) is 2. The summed E-state index contributed by atoms with van der Waals surface area (Å²) in [5.74, 6) is 7.71. The number of halogens is 2. The smallest absolute Gasteiger partial charge is 0.227 e. The lowest BCUT2D eigenvalue weighted by atomic mass is 10.3. The van der Waals surface area contributed by atoms with Gasteiger partial charge in [0.05, 0.1) is 10.0 Å². The molecule has 0 saturated heterocycles. The fourth-order valence-electron chi connectivity index (χ4n) is 1.94. The molecule has 7 heteroatoms. The quantitative estimate of drug-likeness (QED) is 0.649. The van der Waals surface area contributed by atoms with Crippen LogP contribution >= 0.6 is 15.9 Å². The molecule has 1 aliphatic carbocycles. The van der Waals surface area contributed by atoms with Crippen LogP contribution in [0.2, 0.25) is 0 Å². The Morgan fingerprint density at radius 1 is 1.38 bits per heavy atom. The van der Waals surface area contributed by atoms with Gasteiger partial charge in [-0.2, -0.15) is 4.98 Å². The van der Waals surface area contributed by atoms with Crippen molar-refractivity contribution in [3.05, 3.63) is 39.9 Å². The summed E-state index contributed by atoms with van der Waals surface area (Å²) >= 11 is 3.28. The van der Waals surface area contributed by atoms with Gasteiger partial charge in [-0.05, 0) is 53.9 Å². The molecule has 0 unspecified atom stereocenters. The second-order valence-electron chi connectivity index (χ2n) is 4.96. The number of hydrazine groups is 1. The van der Waals surface area contributed by atoms with E-state index in [2.05, 4.69) is 31.3 Å². The zero-order chi connectivity index (χ0) is 15.0. The van der Waals surface area contributed by atoms with Crippen molar-refractivity contribution in [2.75, 3.05) is 5.43 Å². The number of nitrogens with one attached hydrogen (secondary N) is 1. The third kappa shape index (κ3) is 2.98. The molecule has 3 rings (SSSR count). The van der Waals surface area contributed by atoms with Crippen molar-refractivity contribution in [2.45, 2.75) is 25.7 Å². The average Bonchev–Trinajstić information content (AvgIpc) is 3.28. The molecule has 21 heavy (non-hydrogen) atoms. The molecule has 110 valence electrons. The Hall–Kier alpha value is -1.73. The van der Waals surface area contributed by atoms with E-state index in [0.717, 1.165) is 18.7 Å². The maximum Gasteiger partial charge on any atom is 0.227 e. The highest BCUT2D eigenvalue weighted by Crippen LogP contribution is 2.40. The summed E-state index contributed by atoms with van der Waals surface area (Å²) in [7, 11) is 0. The predicted molar refractivity (Wildman–Crippen MR) is 80.7 cm³/mol. The van der Waals surface area contributed by atoms with E-state index in [1.165, 1.54) is 12.1 Å². The van der Waals surface area contributed by atoms with Crippen LogP contribution in [0, 0.1) is 12.7 Å². The topological polar surface area (TPSA) is 73.1 Å². The Morgan fingerprint density at radius 2 is 2.14 bits per heavy atom. The van der Waals surface area contributed by atoms with E-state index < -0.39 is 0 Å². The largest absolute Gasteiger partial charge is 0.437 e. The number of ether oxygens (including phenoxy) is 1. The van der Waals surface area contributed by atoms with Crippen molar-refractivity contribution in [2.24, 2.45) is 5.84 Å². The lowest BCUT2D eigenvalue weighted by Crippen LogP contribution is -2.13. The van der Waals surface area contributed by atoms with Crippen LogP contribution in [-0.4, -0.2) is 9.97 Å². The number of aromatic nitrogens is 2. The number of hydrogen-bond acceptors (Lipinski definition) is 5. The summed E-state index contributed by atoms with van der Waals surface area (Å²) in [6, 6.07) is 4.23. The minimum atomic E-state index is -0.336. The molecule has 1 aromatic carbocycles. The van der Waals surface area contributed by atoms with Gasteiger partial charge in [0, 0.05) is 5.92 Å². The number of benzene rings is 1. The molecule has 5 nitrogen and oxygen atoms in total. The van der Waals surface area contributed by atoms with Crippen LogP contribution in [0.25, 0.3) is 0 Å². The van der Waals surface area contributed by atoms with Crippen LogP contribution in [0.3, 0.4) is 0 Å². The van der Waals surface area contributed by atoms with Crippen molar-refractivity contribution in [1.29, 1.82) is 0 Å². The molecule has 0 radical (unpaired) electrons. The fourth-order valence-corrected chi connectivity index (χ4v) is 2.37. The summed E-state index contributed by atoms with van der Waals surface area (Å²) < 4.78 is 19.4. The molecular formula is C14H14BrFN4O. The van der Waals surface area contributed by atoms with Crippen LogP contribution in [0.1, 0.15) is 30.1 Å². The molecular weight excluding hydrogens is 339 g/mol. The molecule has 0 atom stereocenters. The zero-order valence-electron chi connectivity index (χ0n) is 11.4. The van der Waals surface area contributed by atoms with Crippen molar-refractivity contribution < 1.29 is 9.13 Å². The zero-order valence-corrected chi connectivity index (χ0v) is 12.9. The molecule has 0 aliphatic heterocycles. The van der Waals surface area contributed by atoms with E-state index in [1.54, 1.807) is 6.07 Å². The lowest BCUT2D eigenvalue weighted by Gasteiger charge is -2.13. The Morgan fingerprint density at radius 3 is 2.76 bits per heavy atom. The van der Waals surface area contributed by atoms with Crippen LogP contribution in [0.4, 0.5) is 10.2 Å². The standard InChI is InChI=1S/C14H14BrFN4O/c1-7-12(20-17)18-13(8-2-3-8)19-14(7)21-11-5-4-9(16)6-10(11)15/h4-6,8H,2-3,17H2,1H3,(H,18,19,20). The normalized spacial score (nSPS) is 14.1. The summed E-state index contributed by atoms with van der Waals surface area (Å²) in [5.41, 5.74) is 3.27. The first-order chi connectivity index (χ1) is 10.1. The third-order valence-electron chi connectivity index (χ3n) is 3.30. The Balaban J connectivity index is 1.98. The predicted octanol–water partition coefficient (Wildman–Crippen LogP) is 3.64. The summed E-state index contributed by atoms with van der Waals surface area (Å²) in [5, 5.41) is 0. The van der Waals surface area contributed by atoms with Gasteiger partial charge in [-0.25, -0.2) is 15.2 Å². The van der Waals surface area contributed by atoms with E-state index in [1.807, 2.05) is 6.92 Å². The molecule has 1 fully saturated rings. The Labute approximate surface area is 129 Å². The summed E-state index contributed by atoms with van der Waals surface area (Å²) in [6.45, 7) is 1.82. The van der Waals surface area contributed by atoms with Gasteiger partial charge in [-0.15, -0.1) is 0 Å². The maximum absolute atomic E-state index is 13.1. The van der Waals surface area contributed by atoms with E-state index in [9.17, 15) is 4.39 Å². The second-order valence-corrected chi connectivity index (χ2v) is 5.81. The highest BCUT2D eigenvalue weighted by atomic mass is 79.9. The number of nitrogens with two attached hydrogens (primary N) is 1. The van der Waals surface area contributed by atoms with Crippen LogP contribution in [0.5, 0.6) is 11.6 Å². The van der Waals surface area contributed by atoms with Gasteiger partial charge in [0.1, 0.15) is 17.4 Å². The van der Waals surface area contributed by atoms with Gasteiger partial charge in [0.2, 0.25) is 5.88 Å². The van der Waals surface area contributed by atoms with E-state index in [4.69, 9.17) is 10.6 Å². The minimum Gasteiger partial charge on any atom is -0.437 e. The molecule has 0 spiro atoms. The molecule has 1 aromatic heterocycles. The van der Waals surface area contributed by atoms with Gasteiger partial charge in [-0.1, -0.05) is 0 Å². The van der Waals surface area contributed by atoms with Gasteiger partial charge < -0.3 is 10.2 Å². The molecule has 1 aliphatic rings. The molecule has 1 saturated carbocycles. The molecule has 3 N–H and O–H groups in total. The summed E-state index contributed by atoms with van der Waals surface area (Å²) in [4.78, 5) is 8.85. The lowest BCUT2D eigenvalue weighted by molar-refractivity contribution is 0.450. The maximum atomic E-state index is 13.1. The van der Waals surface area contributed by atoms with Crippen molar-refractivity contribution in [3.63, 3.8) is 0 Å². The van der Waals surface area contributed by atoms with Gasteiger partial charge in [0.15, 0.2) is 5.82 Å². The highest BCUT2D eigenvalue weighted by molar-refractivity contribution is 9.10. The van der Waals surface area contributed by atoms with E-state index in [0.29, 0.717) is 33.4 Å². The molecule has 1 heterocycles. The first-order valence-corrected chi connectivity index (χ1v) is 7.36. The molecule has 2 aromatic rings. The van der Waals surface area contributed by atoms with E-state index >= 15 is 0 Å². The average molecular weight is 353 g/mol. The monoisotopic (exact) mass is 352 g/mol. The van der Waals surface area contributed by atoms with Gasteiger partial charge in [0.25, 0.3) is 0 Å². The van der Waals surface area contributed by atoms with Crippen molar-refractivity contribution in [1.82, 2.24) is 9.97 Å². The van der Waals surface area contributed by atoms with Crippen LogP contribution < -0.4 is 16.0 Å². The first-order valence-electron chi connectivity index (χ1n) is 6.56. The number of nitrogen functional groups attached to an aromatic ring is 1. The van der Waals surface area contributed by atoms with Gasteiger partial charge in [-0.3, -0.25) is 0 Å². The Bertz CT molecular complexity index is 691. The first kappa shape index (κ1) is 14.2. The Kier molecular flexibility index (Phi) is 3.77. The fraction of sp³-hybridized carbons (Fsp3) is 0.286. The van der Waals surface area contributed by atoms with Gasteiger partial charge >= 0.3 is 0 Å². The van der Waals surface area contributed by atoms with E-state index in [-0.39, 0.29) is 5.82 Å². The molecule has 0 bridgehead atoms. The molecule has 0 amide bonds. The number of hydrogen-bond donors (Lipinski definition) is 2. The summed E-state index contributed by atoms with van der Waals surface area (Å²) in [6.07, 6.45) is 2.15. The second kappa shape index (κ2) is 5.57. The third-order valence-corrected chi connectivity index (χ3v) is 3.92. The highest BCUT2D eigenvalue weighted by Gasteiger charge is 2.28. The number of anilines is 1.